The van der Waals surface area contributed by atoms with Gasteiger partial charge in [0.05, 0.1) is 0 Å². The molecule has 2 saturated carbocycles. The van der Waals surface area contributed by atoms with Crippen molar-refractivity contribution in [2.75, 3.05) is 0 Å². The van der Waals surface area contributed by atoms with Gasteiger partial charge in [0.15, 0.2) is 0 Å². The van der Waals surface area contributed by atoms with E-state index in [1.807, 2.05) is 6.07 Å². The summed E-state index contributed by atoms with van der Waals surface area (Å²) in [5.74, 6) is 1.39. The van der Waals surface area contributed by atoms with E-state index in [2.05, 4.69) is 18.3 Å². The molecular formula is C15H20FN. The van der Waals surface area contributed by atoms with Gasteiger partial charge in [-0.1, -0.05) is 25.5 Å². The Kier molecular flexibility index (Phi) is 2.91. The van der Waals surface area contributed by atoms with E-state index in [9.17, 15) is 4.39 Å². The SMILES string of the molecule is CCC1CC1NC1CC(c2cccc(F)c2)C1. The fraction of sp³-hybridized carbons (Fsp3) is 0.600. The summed E-state index contributed by atoms with van der Waals surface area (Å²) in [6.45, 7) is 2.27. The van der Waals surface area contributed by atoms with Crippen molar-refractivity contribution in [1.82, 2.24) is 5.32 Å². The number of rotatable bonds is 4. The van der Waals surface area contributed by atoms with E-state index in [4.69, 9.17) is 0 Å². The van der Waals surface area contributed by atoms with Crippen LogP contribution in [0.2, 0.25) is 0 Å². The summed E-state index contributed by atoms with van der Waals surface area (Å²) in [4.78, 5) is 0. The second-order valence-corrected chi connectivity index (χ2v) is 5.60. The zero-order valence-electron chi connectivity index (χ0n) is 10.3. The highest BCUT2D eigenvalue weighted by atomic mass is 19.1. The first-order valence-corrected chi connectivity index (χ1v) is 6.77. The van der Waals surface area contributed by atoms with Crippen molar-refractivity contribution >= 4 is 0 Å². The average Bonchev–Trinajstić information content (AvgIpc) is 3.01. The minimum absolute atomic E-state index is 0.104. The van der Waals surface area contributed by atoms with Crippen molar-refractivity contribution in [2.45, 2.75) is 50.6 Å². The summed E-state index contributed by atoms with van der Waals surface area (Å²) in [7, 11) is 0. The van der Waals surface area contributed by atoms with Crippen LogP contribution in [-0.2, 0) is 0 Å². The highest BCUT2D eigenvalue weighted by Crippen LogP contribution is 2.41. The van der Waals surface area contributed by atoms with Crippen LogP contribution in [0.1, 0.15) is 44.1 Å². The molecule has 1 nitrogen and oxygen atoms in total. The molecule has 2 unspecified atom stereocenters. The Morgan fingerprint density at radius 3 is 2.76 bits per heavy atom. The van der Waals surface area contributed by atoms with Crippen molar-refractivity contribution in [2.24, 2.45) is 5.92 Å². The quantitative estimate of drug-likeness (QED) is 0.839. The maximum absolute atomic E-state index is 13.1. The van der Waals surface area contributed by atoms with Gasteiger partial charge < -0.3 is 5.32 Å². The van der Waals surface area contributed by atoms with Crippen molar-refractivity contribution < 1.29 is 4.39 Å². The Bertz CT molecular complexity index is 398. The molecular weight excluding hydrogens is 213 g/mol. The Morgan fingerprint density at radius 1 is 1.29 bits per heavy atom. The number of benzene rings is 1. The molecule has 2 atom stereocenters. The third-order valence-corrected chi connectivity index (χ3v) is 4.35. The monoisotopic (exact) mass is 233 g/mol. The predicted molar refractivity (Wildman–Crippen MR) is 67.5 cm³/mol. The van der Waals surface area contributed by atoms with Gasteiger partial charge in [-0.15, -0.1) is 0 Å². The van der Waals surface area contributed by atoms with Gasteiger partial charge in [0, 0.05) is 12.1 Å². The maximum Gasteiger partial charge on any atom is 0.123 e. The Labute approximate surface area is 102 Å². The third-order valence-electron chi connectivity index (χ3n) is 4.35. The topological polar surface area (TPSA) is 12.0 Å². The molecule has 3 rings (SSSR count). The number of nitrogens with one attached hydrogen (secondary N) is 1. The van der Waals surface area contributed by atoms with E-state index in [1.54, 1.807) is 6.07 Å². The van der Waals surface area contributed by atoms with Gasteiger partial charge >= 0.3 is 0 Å². The smallest absolute Gasteiger partial charge is 0.123 e. The lowest BCUT2D eigenvalue weighted by Crippen LogP contribution is -2.41. The normalized spacial score (nSPS) is 35.4. The molecule has 2 aliphatic rings. The third kappa shape index (κ3) is 2.37. The van der Waals surface area contributed by atoms with Crippen LogP contribution >= 0.6 is 0 Å². The lowest BCUT2D eigenvalue weighted by molar-refractivity contribution is 0.284. The summed E-state index contributed by atoms with van der Waals surface area (Å²) in [6, 6.07) is 8.53. The number of hydrogen-bond donors (Lipinski definition) is 1. The highest BCUT2D eigenvalue weighted by molar-refractivity contribution is 5.24. The first kappa shape index (κ1) is 11.2. The van der Waals surface area contributed by atoms with Crippen molar-refractivity contribution in [3.05, 3.63) is 35.6 Å². The highest BCUT2D eigenvalue weighted by Gasteiger charge is 2.40. The first-order valence-electron chi connectivity index (χ1n) is 6.77. The van der Waals surface area contributed by atoms with Gasteiger partial charge in [0.1, 0.15) is 5.82 Å². The van der Waals surface area contributed by atoms with Crippen LogP contribution in [0.4, 0.5) is 4.39 Å². The van der Waals surface area contributed by atoms with E-state index < -0.39 is 0 Å². The fourth-order valence-corrected chi connectivity index (χ4v) is 2.99. The molecule has 2 heteroatoms. The molecule has 0 radical (unpaired) electrons. The van der Waals surface area contributed by atoms with Gasteiger partial charge in [-0.3, -0.25) is 0 Å². The second-order valence-electron chi connectivity index (χ2n) is 5.60. The van der Waals surface area contributed by atoms with E-state index >= 15 is 0 Å². The van der Waals surface area contributed by atoms with Crippen LogP contribution in [0.5, 0.6) is 0 Å². The van der Waals surface area contributed by atoms with Crippen LogP contribution in [0.15, 0.2) is 24.3 Å². The molecule has 2 fully saturated rings. The lowest BCUT2D eigenvalue weighted by atomic mass is 9.76. The molecule has 0 heterocycles. The summed E-state index contributed by atoms with van der Waals surface area (Å²) >= 11 is 0. The van der Waals surface area contributed by atoms with Gasteiger partial charge in [0.2, 0.25) is 0 Å². The van der Waals surface area contributed by atoms with Crippen LogP contribution in [-0.4, -0.2) is 12.1 Å². The standard InChI is InChI=1S/C15H20FN/c1-2-10-9-15(10)17-14-7-12(8-14)11-4-3-5-13(16)6-11/h3-6,10,12,14-15,17H,2,7-9H2,1H3. The maximum atomic E-state index is 13.1. The minimum atomic E-state index is -0.104. The molecule has 1 aromatic carbocycles. The number of halogens is 1. The molecule has 0 spiro atoms. The largest absolute Gasteiger partial charge is 0.311 e. The second kappa shape index (κ2) is 4.41. The number of hydrogen-bond acceptors (Lipinski definition) is 1. The van der Waals surface area contributed by atoms with E-state index in [0.717, 1.165) is 12.0 Å². The van der Waals surface area contributed by atoms with Gasteiger partial charge in [0.25, 0.3) is 0 Å². The molecule has 1 aromatic rings. The minimum Gasteiger partial charge on any atom is -0.311 e. The average molecular weight is 233 g/mol. The zero-order chi connectivity index (χ0) is 11.8. The van der Waals surface area contributed by atoms with E-state index in [1.165, 1.54) is 37.3 Å². The molecule has 0 amide bonds. The van der Waals surface area contributed by atoms with E-state index in [-0.39, 0.29) is 5.82 Å². The summed E-state index contributed by atoms with van der Waals surface area (Å²) in [5.41, 5.74) is 1.17. The van der Waals surface area contributed by atoms with Crippen LogP contribution in [0.3, 0.4) is 0 Å². The van der Waals surface area contributed by atoms with E-state index in [0.29, 0.717) is 12.0 Å². The summed E-state index contributed by atoms with van der Waals surface area (Å²) in [6.07, 6.45) is 5.02. The lowest BCUT2D eigenvalue weighted by Gasteiger charge is -2.36. The Hall–Kier alpha value is -0.890. The van der Waals surface area contributed by atoms with Crippen LogP contribution < -0.4 is 5.32 Å². The molecule has 0 aromatic heterocycles. The molecule has 0 aliphatic heterocycles. The molecule has 0 saturated heterocycles. The van der Waals surface area contributed by atoms with Crippen LogP contribution in [0.25, 0.3) is 0 Å². The predicted octanol–water partition coefficient (Wildman–Crippen LogP) is 3.46. The molecule has 0 bridgehead atoms. The molecule has 2 aliphatic carbocycles. The van der Waals surface area contributed by atoms with Crippen molar-refractivity contribution in [3.8, 4) is 0 Å². The first-order chi connectivity index (χ1) is 8.26. The molecule has 17 heavy (non-hydrogen) atoms. The Balaban J connectivity index is 1.48. The molecule has 92 valence electrons. The van der Waals surface area contributed by atoms with Crippen molar-refractivity contribution in [1.29, 1.82) is 0 Å². The van der Waals surface area contributed by atoms with Gasteiger partial charge in [-0.2, -0.15) is 0 Å². The fourth-order valence-electron chi connectivity index (χ4n) is 2.99. The zero-order valence-corrected chi connectivity index (χ0v) is 10.3. The summed E-state index contributed by atoms with van der Waals surface area (Å²) in [5, 5.41) is 3.71. The van der Waals surface area contributed by atoms with Crippen molar-refractivity contribution in [3.63, 3.8) is 0 Å². The Morgan fingerprint density at radius 2 is 2.12 bits per heavy atom. The molecule has 1 N–H and O–H groups in total. The van der Waals surface area contributed by atoms with Gasteiger partial charge in [-0.25, -0.2) is 4.39 Å². The summed E-state index contributed by atoms with van der Waals surface area (Å²) < 4.78 is 13.1. The van der Waals surface area contributed by atoms with Crippen LogP contribution in [0, 0.1) is 11.7 Å². The van der Waals surface area contributed by atoms with Gasteiger partial charge in [-0.05, 0) is 48.8 Å².